The van der Waals surface area contributed by atoms with E-state index in [1.54, 1.807) is 0 Å². The van der Waals surface area contributed by atoms with Crippen LogP contribution in [0.25, 0.3) is 0 Å². The van der Waals surface area contributed by atoms with Crippen LogP contribution in [0.2, 0.25) is 0 Å². The van der Waals surface area contributed by atoms with Gasteiger partial charge < -0.3 is 10.1 Å². The van der Waals surface area contributed by atoms with Gasteiger partial charge in [-0.25, -0.2) is 4.79 Å². The van der Waals surface area contributed by atoms with Crippen LogP contribution in [0.5, 0.6) is 0 Å². The minimum atomic E-state index is -0.295. The average Bonchev–Trinajstić information content (AvgIpc) is 2.62. The van der Waals surface area contributed by atoms with Crippen LogP contribution in [0, 0.1) is 0 Å². The summed E-state index contributed by atoms with van der Waals surface area (Å²) in [6, 6.07) is 12.1. The van der Waals surface area contributed by atoms with E-state index in [1.165, 1.54) is 18.2 Å². The van der Waals surface area contributed by atoms with E-state index in [1.807, 2.05) is 42.7 Å². The summed E-state index contributed by atoms with van der Waals surface area (Å²) >= 11 is 0. The molecule has 1 saturated heterocycles. The Morgan fingerprint density at radius 3 is 2.73 bits per heavy atom. The fraction of sp³-hybridized carbons (Fsp3) is 0.333. The number of aromatic nitrogens is 1. The normalized spacial score (nSPS) is 21.3. The molecule has 2 heterocycles. The van der Waals surface area contributed by atoms with Crippen molar-refractivity contribution in [2.24, 2.45) is 0 Å². The van der Waals surface area contributed by atoms with E-state index in [4.69, 9.17) is 4.74 Å². The third-order valence-electron chi connectivity index (χ3n) is 4.29. The molecule has 114 valence electrons. The molecule has 0 bridgehead atoms. The lowest BCUT2D eigenvalue weighted by atomic mass is 9.84. The van der Waals surface area contributed by atoms with E-state index in [0.717, 1.165) is 19.4 Å². The predicted molar refractivity (Wildman–Crippen MR) is 84.7 cm³/mol. The van der Waals surface area contributed by atoms with Gasteiger partial charge in [0.05, 0.1) is 12.7 Å². The molecule has 1 unspecified atom stereocenters. The Morgan fingerprint density at radius 2 is 2.05 bits per heavy atom. The van der Waals surface area contributed by atoms with Gasteiger partial charge in [0.25, 0.3) is 0 Å². The van der Waals surface area contributed by atoms with E-state index < -0.39 is 0 Å². The highest BCUT2D eigenvalue weighted by Crippen LogP contribution is 2.33. The number of ether oxygens (including phenoxy) is 1. The first-order chi connectivity index (χ1) is 10.8. The number of rotatable bonds is 3. The maximum Gasteiger partial charge on any atom is 0.337 e. The number of piperidine rings is 1. The Balaban J connectivity index is 1.73. The van der Waals surface area contributed by atoms with Crippen molar-refractivity contribution in [3.63, 3.8) is 0 Å². The highest BCUT2D eigenvalue weighted by Gasteiger charge is 2.24. The zero-order chi connectivity index (χ0) is 15.4. The monoisotopic (exact) mass is 296 g/mol. The number of hydrogen-bond acceptors (Lipinski definition) is 4. The van der Waals surface area contributed by atoms with Crippen LogP contribution in [0.1, 0.15) is 46.3 Å². The number of pyridine rings is 1. The molecule has 2 aromatic rings. The second kappa shape index (κ2) is 6.71. The van der Waals surface area contributed by atoms with Crippen molar-refractivity contribution >= 4 is 5.97 Å². The summed E-state index contributed by atoms with van der Waals surface area (Å²) in [4.78, 5) is 15.7. The molecule has 2 atom stereocenters. The third-order valence-corrected chi connectivity index (χ3v) is 4.29. The van der Waals surface area contributed by atoms with E-state index in [9.17, 15) is 4.79 Å². The second-order valence-corrected chi connectivity index (χ2v) is 5.63. The molecule has 1 aromatic heterocycles. The first-order valence-electron chi connectivity index (χ1n) is 7.59. The smallest absolute Gasteiger partial charge is 0.337 e. The van der Waals surface area contributed by atoms with Crippen LogP contribution in [0.3, 0.4) is 0 Å². The highest BCUT2D eigenvalue weighted by molar-refractivity contribution is 5.89. The SMILES string of the molecule is COC(=O)c1ccc([C@@H]2CC(c3cccnc3)CCN2)cc1. The van der Waals surface area contributed by atoms with Gasteiger partial charge >= 0.3 is 5.97 Å². The molecule has 1 N–H and O–H groups in total. The lowest BCUT2D eigenvalue weighted by Crippen LogP contribution is -2.31. The molecule has 0 radical (unpaired) electrons. The molecule has 1 fully saturated rings. The lowest BCUT2D eigenvalue weighted by molar-refractivity contribution is 0.0600. The predicted octanol–water partition coefficient (Wildman–Crippen LogP) is 3.08. The van der Waals surface area contributed by atoms with E-state index in [0.29, 0.717) is 17.5 Å². The van der Waals surface area contributed by atoms with Crippen molar-refractivity contribution < 1.29 is 9.53 Å². The minimum absolute atomic E-state index is 0.295. The van der Waals surface area contributed by atoms with Gasteiger partial charge in [-0.05, 0) is 54.6 Å². The molecule has 1 aliphatic heterocycles. The van der Waals surface area contributed by atoms with Crippen molar-refractivity contribution in [2.75, 3.05) is 13.7 Å². The van der Waals surface area contributed by atoms with Crippen LogP contribution in [0.4, 0.5) is 0 Å². The zero-order valence-corrected chi connectivity index (χ0v) is 12.7. The van der Waals surface area contributed by atoms with E-state index in [2.05, 4.69) is 16.4 Å². The topological polar surface area (TPSA) is 51.2 Å². The van der Waals surface area contributed by atoms with Gasteiger partial charge in [-0.2, -0.15) is 0 Å². The third kappa shape index (κ3) is 3.17. The maximum atomic E-state index is 11.5. The summed E-state index contributed by atoms with van der Waals surface area (Å²) in [6.45, 7) is 0.989. The summed E-state index contributed by atoms with van der Waals surface area (Å²) in [5, 5.41) is 3.56. The average molecular weight is 296 g/mol. The maximum absolute atomic E-state index is 11.5. The summed E-state index contributed by atoms with van der Waals surface area (Å²) < 4.78 is 4.73. The number of carbonyl (C=O) groups excluding carboxylic acids is 1. The molecule has 1 aliphatic rings. The number of hydrogen-bond donors (Lipinski definition) is 1. The summed E-state index contributed by atoms with van der Waals surface area (Å²) in [5.74, 6) is 0.233. The van der Waals surface area contributed by atoms with Crippen LogP contribution < -0.4 is 5.32 Å². The lowest BCUT2D eigenvalue weighted by Gasteiger charge is -2.31. The van der Waals surface area contributed by atoms with Gasteiger partial charge in [0.2, 0.25) is 0 Å². The Hall–Kier alpha value is -2.20. The first-order valence-corrected chi connectivity index (χ1v) is 7.59. The number of methoxy groups -OCH3 is 1. The van der Waals surface area contributed by atoms with Gasteiger partial charge in [0.1, 0.15) is 0 Å². The van der Waals surface area contributed by atoms with Crippen LogP contribution in [-0.4, -0.2) is 24.6 Å². The number of benzene rings is 1. The van der Waals surface area contributed by atoms with E-state index in [-0.39, 0.29) is 5.97 Å². The number of nitrogens with zero attached hydrogens (tertiary/aromatic N) is 1. The van der Waals surface area contributed by atoms with Crippen molar-refractivity contribution in [2.45, 2.75) is 24.8 Å². The van der Waals surface area contributed by atoms with Crippen molar-refractivity contribution in [1.82, 2.24) is 10.3 Å². The van der Waals surface area contributed by atoms with E-state index >= 15 is 0 Å². The Bertz CT molecular complexity index is 625. The molecule has 3 rings (SSSR count). The number of esters is 1. The highest BCUT2D eigenvalue weighted by atomic mass is 16.5. The zero-order valence-electron chi connectivity index (χ0n) is 12.7. The molecule has 4 nitrogen and oxygen atoms in total. The van der Waals surface area contributed by atoms with Gasteiger partial charge in [0.15, 0.2) is 0 Å². The Labute approximate surface area is 130 Å². The molecule has 0 spiro atoms. The van der Waals surface area contributed by atoms with Gasteiger partial charge in [-0.3, -0.25) is 4.98 Å². The Morgan fingerprint density at radius 1 is 1.23 bits per heavy atom. The van der Waals surface area contributed by atoms with Crippen molar-refractivity contribution in [1.29, 1.82) is 0 Å². The molecule has 0 amide bonds. The van der Waals surface area contributed by atoms with Crippen LogP contribution >= 0.6 is 0 Å². The summed E-state index contributed by atoms with van der Waals surface area (Å²) in [5.41, 5.74) is 3.10. The van der Waals surface area contributed by atoms with Crippen molar-refractivity contribution in [3.05, 3.63) is 65.5 Å². The molecule has 0 saturated carbocycles. The quantitative estimate of drug-likeness (QED) is 0.884. The van der Waals surface area contributed by atoms with Crippen molar-refractivity contribution in [3.8, 4) is 0 Å². The summed E-state index contributed by atoms with van der Waals surface area (Å²) in [6.07, 6.45) is 5.95. The standard InChI is InChI=1S/C18H20N2O2/c1-22-18(21)14-6-4-13(5-7-14)17-11-15(8-10-20-17)16-3-2-9-19-12-16/h2-7,9,12,15,17,20H,8,10-11H2,1H3/t15?,17-/m0/s1. The molecule has 4 heteroatoms. The molecule has 0 aliphatic carbocycles. The van der Waals surface area contributed by atoms with Gasteiger partial charge in [-0.1, -0.05) is 18.2 Å². The fourth-order valence-corrected chi connectivity index (χ4v) is 3.06. The largest absolute Gasteiger partial charge is 0.465 e. The van der Waals surface area contributed by atoms with Gasteiger partial charge in [0, 0.05) is 18.4 Å². The Kier molecular flexibility index (Phi) is 4.49. The molecular weight excluding hydrogens is 276 g/mol. The first kappa shape index (κ1) is 14.7. The second-order valence-electron chi connectivity index (χ2n) is 5.63. The number of carbonyl (C=O) groups is 1. The molecular formula is C18H20N2O2. The number of nitrogens with one attached hydrogen (secondary N) is 1. The fourth-order valence-electron chi connectivity index (χ4n) is 3.06. The minimum Gasteiger partial charge on any atom is -0.465 e. The van der Waals surface area contributed by atoms with Crippen LogP contribution in [-0.2, 0) is 4.74 Å². The molecule has 22 heavy (non-hydrogen) atoms. The molecule has 1 aromatic carbocycles. The van der Waals surface area contributed by atoms with Gasteiger partial charge in [-0.15, -0.1) is 0 Å². The van der Waals surface area contributed by atoms with Crippen LogP contribution in [0.15, 0.2) is 48.8 Å². The summed E-state index contributed by atoms with van der Waals surface area (Å²) in [7, 11) is 1.40.